The SMILES string of the molecule is CNc1ncccc1Cn1cc([N+](=O)[O-])cnc1=O. The highest BCUT2D eigenvalue weighted by Gasteiger charge is 2.10. The minimum absolute atomic E-state index is 0.164. The Morgan fingerprint density at radius 1 is 1.47 bits per heavy atom. The molecule has 1 N–H and O–H groups in total. The van der Waals surface area contributed by atoms with Crippen molar-refractivity contribution in [3.05, 3.63) is 56.9 Å². The van der Waals surface area contributed by atoms with Crippen molar-refractivity contribution in [2.45, 2.75) is 6.54 Å². The molecule has 0 amide bonds. The van der Waals surface area contributed by atoms with Crippen molar-refractivity contribution in [3.63, 3.8) is 0 Å². The van der Waals surface area contributed by atoms with Crippen LogP contribution in [0.4, 0.5) is 11.5 Å². The predicted octanol–water partition coefficient (Wildman–Crippen LogP) is 0.636. The molecule has 0 spiro atoms. The van der Waals surface area contributed by atoms with Gasteiger partial charge in [-0.2, -0.15) is 4.98 Å². The number of rotatable bonds is 4. The van der Waals surface area contributed by atoms with E-state index in [9.17, 15) is 14.9 Å². The average Bonchev–Trinajstić information content (AvgIpc) is 2.41. The lowest BCUT2D eigenvalue weighted by molar-refractivity contribution is -0.385. The summed E-state index contributed by atoms with van der Waals surface area (Å²) in [4.78, 5) is 29.2. The second-order valence-electron chi connectivity index (χ2n) is 3.74. The maximum absolute atomic E-state index is 11.6. The number of pyridine rings is 1. The molecule has 0 fully saturated rings. The molecule has 2 heterocycles. The second kappa shape index (κ2) is 5.25. The summed E-state index contributed by atoms with van der Waals surface area (Å²) in [5.41, 5.74) is -0.0274. The van der Waals surface area contributed by atoms with Crippen molar-refractivity contribution < 1.29 is 4.92 Å². The van der Waals surface area contributed by atoms with Crippen LogP contribution < -0.4 is 11.0 Å². The van der Waals surface area contributed by atoms with Gasteiger partial charge in [0, 0.05) is 18.8 Å². The molecule has 2 rings (SSSR count). The lowest BCUT2D eigenvalue weighted by Gasteiger charge is -2.08. The first-order valence-electron chi connectivity index (χ1n) is 5.44. The standard InChI is InChI=1S/C11H11N5O3/c1-12-10-8(3-2-4-13-10)6-15-7-9(16(18)19)5-14-11(15)17/h2-5,7H,6H2,1H3,(H,12,13). The largest absolute Gasteiger partial charge is 0.373 e. The third-order valence-electron chi connectivity index (χ3n) is 2.52. The van der Waals surface area contributed by atoms with Gasteiger partial charge in [0.05, 0.1) is 17.7 Å². The third-order valence-corrected chi connectivity index (χ3v) is 2.52. The zero-order chi connectivity index (χ0) is 13.8. The number of nitrogens with zero attached hydrogens (tertiary/aromatic N) is 4. The van der Waals surface area contributed by atoms with Gasteiger partial charge in [0.15, 0.2) is 0 Å². The van der Waals surface area contributed by atoms with Gasteiger partial charge in [0.25, 0.3) is 0 Å². The van der Waals surface area contributed by atoms with Crippen LogP contribution in [0.3, 0.4) is 0 Å². The minimum Gasteiger partial charge on any atom is -0.373 e. The van der Waals surface area contributed by atoms with E-state index < -0.39 is 10.6 Å². The smallest absolute Gasteiger partial charge is 0.348 e. The average molecular weight is 261 g/mol. The Morgan fingerprint density at radius 2 is 2.26 bits per heavy atom. The van der Waals surface area contributed by atoms with Crippen LogP contribution in [0.1, 0.15) is 5.56 Å². The van der Waals surface area contributed by atoms with Gasteiger partial charge in [0.1, 0.15) is 12.0 Å². The van der Waals surface area contributed by atoms with Crippen LogP contribution in [0, 0.1) is 10.1 Å². The Morgan fingerprint density at radius 3 is 2.95 bits per heavy atom. The van der Waals surface area contributed by atoms with Crippen molar-refractivity contribution in [1.29, 1.82) is 0 Å². The monoisotopic (exact) mass is 261 g/mol. The number of nitro groups is 1. The van der Waals surface area contributed by atoms with Crippen molar-refractivity contribution in [2.24, 2.45) is 0 Å². The highest BCUT2D eigenvalue weighted by atomic mass is 16.6. The Labute approximate surface area is 107 Å². The molecule has 8 heteroatoms. The van der Waals surface area contributed by atoms with E-state index in [4.69, 9.17) is 0 Å². The van der Waals surface area contributed by atoms with E-state index in [1.165, 1.54) is 10.8 Å². The van der Waals surface area contributed by atoms with Crippen LogP contribution in [0.25, 0.3) is 0 Å². The molecule has 0 unspecified atom stereocenters. The molecular formula is C11H11N5O3. The summed E-state index contributed by atoms with van der Waals surface area (Å²) < 4.78 is 1.18. The van der Waals surface area contributed by atoms with Crippen molar-refractivity contribution in [1.82, 2.24) is 14.5 Å². The number of nitrogens with one attached hydrogen (secondary N) is 1. The summed E-state index contributed by atoms with van der Waals surface area (Å²) in [7, 11) is 1.71. The Kier molecular flexibility index (Phi) is 3.51. The topological polar surface area (TPSA) is 103 Å². The van der Waals surface area contributed by atoms with Crippen molar-refractivity contribution >= 4 is 11.5 Å². The third kappa shape index (κ3) is 2.73. The first-order chi connectivity index (χ1) is 9.11. The molecule has 0 aliphatic carbocycles. The van der Waals surface area contributed by atoms with Crippen LogP contribution in [-0.2, 0) is 6.54 Å². The molecule has 2 aromatic rings. The van der Waals surface area contributed by atoms with Crippen molar-refractivity contribution in [2.75, 3.05) is 12.4 Å². The highest BCUT2D eigenvalue weighted by molar-refractivity contribution is 5.43. The Hall–Kier alpha value is -2.77. The van der Waals surface area contributed by atoms with Gasteiger partial charge >= 0.3 is 11.4 Å². The molecule has 0 bridgehead atoms. The first-order valence-corrected chi connectivity index (χ1v) is 5.44. The molecule has 98 valence electrons. The molecule has 0 aliphatic heterocycles. The highest BCUT2D eigenvalue weighted by Crippen LogP contribution is 2.12. The van der Waals surface area contributed by atoms with E-state index in [1.807, 2.05) is 0 Å². The molecule has 0 radical (unpaired) electrons. The molecule has 0 saturated carbocycles. The molecule has 8 nitrogen and oxygen atoms in total. The molecule has 2 aromatic heterocycles. The number of hydrogen-bond acceptors (Lipinski definition) is 6. The van der Waals surface area contributed by atoms with Gasteiger partial charge in [-0.1, -0.05) is 6.07 Å². The number of aromatic nitrogens is 3. The van der Waals surface area contributed by atoms with E-state index >= 15 is 0 Å². The number of anilines is 1. The van der Waals surface area contributed by atoms with E-state index in [0.29, 0.717) is 5.82 Å². The Balaban J connectivity index is 2.40. The van der Waals surface area contributed by atoms with Gasteiger partial charge < -0.3 is 5.32 Å². The number of hydrogen-bond donors (Lipinski definition) is 1. The molecular weight excluding hydrogens is 250 g/mol. The van der Waals surface area contributed by atoms with Crippen LogP contribution in [0.5, 0.6) is 0 Å². The summed E-state index contributed by atoms with van der Waals surface area (Å²) in [6, 6.07) is 3.51. The van der Waals surface area contributed by atoms with Crippen LogP contribution in [0.2, 0.25) is 0 Å². The summed E-state index contributed by atoms with van der Waals surface area (Å²) in [6.45, 7) is 0.164. The molecule has 0 aromatic carbocycles. The lowest BCUT2D eigenvalue weighted by atomic mass is 10.2. The zero-order valence-electron chi connectivity index (χ0n) is 10.1. The minimum atomic E-state index is -0.592. The fourth-order valence-corrected chi connectivity index (χ4v) is 1.63. The summed E-state index contributed by atoms with van der Waals surface area (Å²) in [5.74, 6) is 0.612. The zero-order valence-corrected chi connectivity index (χ0v) is 10.1. The van der Waals surface area contributed by atoms with E-state index in [2.05, 4.69) is 15.3 Å². The summed E-state index contributed by atoms with van der Waals surface area (Å²) >= 11 is 0. The lowest BCUT2D eigenvalue weighted by Crippen LogP contribution is -2.23. The van der Waals surface area contributed by atoms with Crippen molar-refractivity contribution in [3.8, 4) is 0 Å². The van der Waals surface area contributed by atoms with Gasteiger partial charge in [-0.3, -0.25) is 14.7 Å². The maximum atomic E-state index is 11.6. The predicted molar refractivity (Wildman–Crippen MR) is 68.0 cm³/mol. The van der Waals surface area contributed by atoms with E-state index in [-0.39, 0.29) is 12.2 Å². The summed E-state index contributed by atoms with van der Waals surface area (Å²) in [6.07, 6.45) is 3.73. The van der Waals surface area contributed by atoms with Gasteiger partial charge in [-0.05, 0) is 6.07 Å². The van der Waals surface area contributed by atoms with Gasteiger partial charge in [0.2, 0.25) is 0 Å². The summed E-state index contributed by atoms with van der Waals surface area (Å²) in [5, 5.41) is 13.6. The quantitative estimate of drug-likeness (QED) is 0.639. The van der Waals surface area contributed by atoms with E-state index in [0.717, 1.165) is 11.8 Å². The first kappa shape index (κ1) is 12.7. The molecule has 0 saturated heterocycles. The van der Waals surface area contributed by atoms with Gasteiger partial charge in [-0.15, -0.1) is 0 Å². The Bertz CT molecular complexity index is 667. The second-order valence-corrected chi connectivity index (χ2v) is 3.74. The van der Waals surface area contributed by atoms with Gasteiger partial charge in [-0.25, -0.2) is 9.78 Å². The van der Waals surface area contributed by atoms with E-state index in [1.54, 1.807) is 25.4 Å². The fraction of sp³-hybridized carbons (Fsp3) is 0.182. The molecule has 0 aliphatic rings. The normalized spacial score (nSPS) is 10.2. The van der Waals surface area contributed by atoms with Crippen LogP contribution in [0.15, 0.2) is 35.5 Å². The van der Waals surface area contributed by atoms with Crippen LogP contribution >= 0.6 is 0 Å². The molecule has 0 atom stereocenters. The maximum Gasteiger partial charge on any atom is 0.348 e. The van der Waals surface area contributed by atoms with Crippen LogP contribution in [-0.4, -0.2) is 26.5 Å². The fourth-order valence-electron chi connectivity index (χ4n) is 1.63. The molecule has 19 heavy (non-hydrogen) atoms.